The number of aromatic nitrogens is 4. The molecule has 1 N–H and O–H groups in total. The van der Waals surface area contributed by atoms with E-state index in [0.717, 1.165) is 31.7 Å². The first kappa shape index (κ1) is 16.9. The second-order valence-corrected chi connectivity index (χ2v) is 6.99. The minimum absolute atomic E-state index is 0.106. The van der Waals surface area contributed by atoms with Crippen LogP contribution in [-0.2, 0) is 0 Å². The quantitative estimate of drug-likeness (QED) is 0.764. The van der Waals surface area contributed by atoms with Gasteiger partial charge in [0.2, 0.25) is 0 Å². The molecule has 0 unspecified atom stereocenters. The number of H-pyrrole nitrogens is 1. The van der Waals surface area contributed by atoms with E-state index in [-0.39, 0.29) is 11.7 Å². The average molecular weight is 374 g/mol. The molecule has 136 valence electrons. The Morgan fingerprint density at radius 1 is 1.15 bits per heavy atom. The summed E-state index contributed by atoms with van der Waals surface area (Å²) in [5.41, 5.74) is 1.24. The number of piperidine rings is 1. The van der Waals surface area contributed by atoms with Gasteiger partial charge in [-0.25, -0.2) is 4.98 Å². The molecule has 0 saturated carbocycles. The van der Waals surface area contributed by atoms with Crippen molar-refractivity contribution in [1.29, 1.82) is 0 Å². The molecule has 1 aromatic carbocycles. The number of nitrogens with zero attached hydrogens (tertiary/aromatic N) is 4. The van der Waals surface area contributed by atoms with Crippen LogP contribution >= 0.6 is 11.6 Å². The fourth-order valence-electron chi connectivity index (χ4n) is 3.38. The zero-order valence-corrected chi connectivity index (χ0v) is 15.5. The van der Waals surface area contributed by atoms with Gasteiger partial charge in [-0.15, -0.1) is 0 Å². The van der Waals surface area contributed by atoms with E-state index in [1.165, 1.54) is 4.52 Å². The number of hydrogen-bond acceptors (Lipinski definition) is 5. The summed E-state index contributed by atoms with van der Waals surface area (Å²) < 4.78 is 7.44. The van der Waals surface area contributed by atoms with Crippen LogP contribution in [-0.4, -0.2) is 38.8 Å². The molecule has 26 heavy (non-hydrogen) atoms. The first-order valence-corrected chi connectivity index (χ1v) is 9.02. The highest BCUT2D eigenvalue weighted by Gasteiger charge is 2.25. The number of halogens is 1. The third-order valence-corrected chi connectivity index (χ3v) is 4.88. The van der Waals surface area contributed by atoms with Gasteiger partial charge in [-0.1, -0.05) is 11.6 Å². The van der Waals surface area contributed by atoms with Gasteiger partial charge in [-0.2, -0.15) is 9.50 Å². The van der Waals surface area contributed by atoms with Crippen molar-refractivity contribution in [3.8, 4) is 5.75 Å². The molecule has 1 aliphatic heterocycles. The van der Waals surface area contributed by atoms with Crippen LogP contribution in [0.4, 0.5) is 5.69 Å². The van der Waals surface area contributed by atoms with Gasteiger partial charge in [0.25, 0.3) is 11.3 Å². The van der Waals surface area contributed by atoms with E-state index >= 15 is 0 Å². The van der Waals surface area contributed by atoms with Crippen molar-refractivity contribution < 1.29 is 4.74 Å². The van der Waals surface area contributed by atoms with E-state index in [1.807, 2.05) is 38.1 Å². The maximum atomic E-state index is 12.8. The van der Waals surface area contributed by atoms with Crippen LogP contribution in [0.1, 0.15) is 24.4 Å². The van der Waals surface area contributed by atoms with Gasteiger partial charge in [0.05, 0.1) is 5.69 Å². The predicted octanol–water partition coefficient (Wildman–Crippen LogP) is 2.74. The molecule has 3 heterocycles. The summed E-state index contributed by atoms with van der Waals surface area (Å²) in [4.78, 5) is 23.6. The molecular formula is C18H20ClN5O2. The number of benzene rings is 1. The van der Waals surface area contributed by atoms with E-state index in [4.69, 9.17) is 16.3 Å². The van der Waals surface area contributed by atoms with E-state index in [0.29, 0.717) is 28.0 Å². The summed E-state index contributed by atoms with van der Waals surface area (Å²) in [6, 6.07) is 7.40. The number of anilines is 1. The minimum atomic E-state index is -0.106. The van der Waals surface area contributed by atoms with Crippen LogP contribution in [0, 0.1) is 13.8 Å². The van der Waals surface area contributed by atoms with Gasteiger partial charge in [0.1, 0.15) is 23.4 Å². The Hall–Kier alpha value is -2.54. The van der Waals surface area contributed by atoms with Crippen LogP contribution in [0.2, 0.25) is 5.02 Å². The number of fused-ring (bicyclic) bond motifs is 1. The fourth-order valence-corrected chi connectivity index (χ4v) is 3.51. The molecule has 0 amide bonds. The van der Waals surface area contributed by atoms with E-state index < -0.39 is 0 Å². The Balaban J connectivity index is 1.50. The SMILES string of the molecule is Cc1nc2nc(C)c(N3CCC(Oc4ccc(Cl)cc4)CC3)c(=O)n2[nH]1. The Morgan fingerprint density at radius 2 is 1.85 bits per heavy atom. The van der Waals surface area contributed by atoms with Crippen LogP contribution in [0.5, 0.6) is 5.75 Å². The predicted molar refractivity (Wildman–Crippen MR) is 100 cm³/mol. The number of hydrogen-bond donors (Lipinski definition) is 1. The van der Waals surface area contributed by atoms with Crippen molar-refractivity contribution in [2.24, 2.45) is 0 Å². The molecule has 4 rings (SSSR count). The molecule has 7 nitrogen and oxygen atoms in total. The van der Waals surface area contributed by atoms with Crippen molar-refractivity contribution in [2.75, 3.05) is 18.0 Å². The van der Waals surface area contributed by atoms with E-state index in [2.05, 4.69) is 20.0 Å². The van der Waals surface area contributed by atoms with Crippen molar-refractivity contribution in [2.45, 2.75) is 32.8 Å². The molecule has 0 aliphatic carbocycles. The van der Waals surface area contributed by atoms with Crippen LogP contribution in [0.25, 0.3) is 5.78 Å². The van der Waals surface area contributed by atoms with Crippen molar-refractivity contribution >= 4 is 23.1 Å². The first-order valence-electron chi connectivity index (χ1n) is 8.64. The highest BCUT2D eigenvalue weighted by molar-refractivity contribution is 6.30. The lowest BCUT2D eigenvalue weighted by atomic mass is 10.1. The summed E-state index contributed by atoms with van der Waals surface area (Å²) >= 11 is 5.91. The molecule has 0 bridgehead atoms. The maximum absolute atomic E-state index is 12.8. The molecule has 0 spiro atoms. The highest BCUT2D eigenvalue weighted by Crippen LogP contribution is 2.24. The number of ether oxygens (including phenoxy) is 1. The van der Waals surface area contributed by atoms with Gasteiger partial charge >= 0.3 is 0 Å². The van der Waals surface area contributed by atoms with Crippen LogP contribution < -0.4 is 15.2 Å². The van der Waals surface area contributed by atoms with Crippen LogP contribution in [0.15, 0.2) is 29.1 Å². The molecule has 1 fully saturated rings. The fraction of sp³-hybridized carbons (Fsp3) is 0.389. The molecule has 1 saturated heterocycles. The summed E-state index contributed by atoms with van der Waals surface area (Å²) in [7, 11) is 0. The second-order valence-electron chi connectivity index (χ2n) is 6.55. The first-order chi connectivity index (χ1) is 12.5. The van der Waals surface area contributed by atoms with Crippen LogP contribution in [0.3, 0.4) is 0 Å². The third kappa shape index (κ3) is 3.14. The largest absolute Gasteiger partial charge is 0.490 e. The third-order valence-electron chi connectivity index (χ3n) is 4.63. The molecule has 3 aromatic rings. The molecule has 2 aromatic heterocycles. The van der Waals surface area contributed by atoms with Gasteiger partial charge in [-0.3, -0.25) is 9.89 Å². The topological polar surface area (TPSA) is 75.5 Å². The molecule has 0 radical (unpaired) electrons. The average Bonchev–Trinajstić information content (AvgIpc) is 2.99. The number of aromatic amines is 1. The zero-order chi connectivity index (χ0) is 18.3. The summed E-state index contributed by atoms with van der Waals surface area (Å²) in [6.07, 6.45) is 1.81. The van der Waals surface area contributed by atoms with Crippen molar-refractivity contribution in [3.05, 3.63) is 51.2 Å². The normalized spacial score (nSPS) is 15.6. The van der Waals surface area contributed by atoms with Gasteiger partial charge in [-0.05, 0) is 38.1 Å². The zero-order valence-electron chi connectivity index (χ0n) is 14.7. The Kier molecular flexibility index (Phi) is 4.32. The standard InChI is InChI=1S/C18H20ClN5O2/c1-11-16(17(25)24-18(20-11)21-12(2)22-24)23-9-7-15(8-10-23)26-14-5-3-13(19)4-6-14/h3-6,15H,7-10H2,1-2H3,(H,20,21,22). The molecule has 8 heteroatoms. The number of rotatable bonds is 3. The Bertz CT molecular complexity index is 987. The highest BCUT2D eigenvalue weighted by atomic mass is 35.5. The Labute approximate surface area is 155 Å². The van der Waals surface area contributed by atoms with E-state index in [9.17, 15) is 4.79 Å². The second kappa shape index (κ2) is 6.64. The molecule has 1 aliphatic rings. The number of nitrogens with one attached hydrogen (secondary N) is 1. The summed E-state index contributed by atoms with van der Waals surface area (Å²) in [6.45, 7) is 5.16. The molecule has 0 atom stereocenters. The lowest BCUT2D eigenvalue weighted by molar-refractivity contribution is 0.171. The van der Waals surface area contributed by atoms with Gasteiger partial charge < -0.3 is 9.64 Å². The molecular weight excluding hydrogens is 354 g/mol. The minimum Gasteiger partial charge on any atom is -0.490 e. The lowest BCUT2D eigenvalue weighted by Gasteiger charge is -2.33. The summed E-state index contributed by atoms with van der Waals surface area (Å²) in [5.74, 6) is 1.90. The Morgan fingerprint density at radius 3 is 2.54 bits per heavy atom. The maximum Gasteiger partial charge on any atom is 0.297 e. The number of aryl methyl sites for hydroxylation is 2. The van der Waals surface area contributed by atoms with Gasteiger partial charge in [0, 0.05) is 31.0 Å². The monoisotopic (exact) mass is 373 g/mol. The van der Waals surface area contributed by atoms with Crippen molar-refractivity contribution in [3.63, 3.8) is 0 Å². The van der Waals surface area contributed by atoms with Crippen molar-refractivity contribution in [1.82, 2.24) is 19.6 Å². The lowest BCUT2D eigenvalue weighted by Crippen LogP contribution is -2.41. The van der Waals surface area contributed by atoms with Gasteiger partial charge in [0.15, 0.2) is 0 Å². The summed E-state index contributed by atoms with van der Waals surface area (Å²) in [5, 5.41) is 3.64. The van der Waals surface area contributed by atoms with E-state index in [1.54, 1.807) is 0 Å². The smallest absolute Gasteiger partial charge is 0.297 e.